The Labute approximate surface area is 180 Å². The molecule has 0 unspecified atom stereocenters. The second kappa shape index (κ2) is 10.3. The van der Waals surface area contributed by atoms with Crippen LogP contribution in [0, 0.1) is 5.82 Å². The number of benzene rings is 2. The number of rotatable bonds is 9. The van der Waals surface area contributed by atoms with Crippen LogP contribution in [-0.2, 0) is 6.42 Å². The van der Waals surface area contributed by atoms with Crippen molar-refractivity contribution in [2.75, 3.05) is 38.1 Å². The van der Waals surface area contributed by atoms with Gasteiger partial charge >= 0.3 is 0 Å². The van der Waals surface area contributed by atoms with Gasteiger partial charge in [-0.25, -0.2) is 4.39 Å². The Bertz CT molecular complexity index is 786. The Balaban J connectivity index is 1.41. The molecule has 2 aromatic rings. The summed E-state index contributed by atoms with van der Waals surface area (Å²) in [6.07, 6.45) is 3.33. The van der Waals surface area contributed by atoms with E-state index in [1.54, 1.807) is 12.1 Å². The first-order chi connectivity index (χ1) is 14.3. The van der Waals surface area contributed by atoms with Crippen LogP contribution in [-0.4, -0.2) is 54.9 Å². The average molecular weight is 415 g/mol. The maximum atomic E-state index is 13.3. The van der Waals surface area contributed by atoms with Crippen LogP contribution in [0.3, 0.4) is 0 Å². The number of hydrogen-bond donors (Lipinski definition) is 1. The van der Waals surface area contributed by atoms with E-state index >= 15 is 0 Å². The van der Waals surface area contributed by atoms with Crippen molar-refractivity contribution in [3.8, 4) is 5.75 Å². The first-order valence-corrected chi connectivity index (χ1v) is 11.0. The van der Waals surface area contributed by atoms with Crippen molar-refractivity contribution in [2.24, 2.45) is 0 Å². The van der Waals surface area contributed by atoms with Crippen molar-refractivity contribution in [3.05, 3.63) is 59.9 Å². The second-order valence-electron chi connectivity index (χ2n) is 8.78. The molecule has 0 aliphatic carbocycles. The lowest BCUT2D eigenvalue weighted by Gasteiger charge is -2.39. The van der Waals surface area contributed by atoms with Crippen LogP contribution >= 0.6 is 0 Å². The van der Waals surface area contributed by atoms with E-state index in [4.69, 9.17) is 4.74 Å². The molecule has 4 nitrogen and oxygen atoms in total. The lowest BCUT2D eigenvalue weighted by Crippen LogP contribution is -2.46. The minimum Gasteiger partial charge on any atom is -0.491 e. The van der Waals surface area contributed by atoms with Crippen LogP contribution in [0.25, 0.3) is 0 Å². The van der Waals surface area contributed by atoms with Gasteiger partial charge in [-0.1, -0.05) is 12.1 Å². The molecule has 3 rings (SSSR count). The number of hydrogen-bond acceptors (Lipinski definition) is 4. The van der Waals surface area contributed by atoms with Gasteiger partial charge in [0.2, 0.25) is 0 Å². The van der Waals surface area contributed by atoms with Gasteiger partial charge in [-0.05, 0) is 81.5 Å². The largest absolute Gasteiger partial charge is 0.491 e. The van der Waals surface area contributed by atoms with Gasteiger partial charge < -0.3 is 19.6 Å². The molecule has 0 bridgehead atoms. The fourth-order valence-electron chi connectivity index (χ4n) is 3.98. The van der Waals surface area contributed by atoms with Crippen molar-refractivity contribution >= 4 is 5.69 Å². The van der Waals surface area contributed by atoms with Gasteiger partial charge in [0.25, 0.3) is 0 Å². The normalized spacial score (nSPS) is 16.6. The molecular weight excluding hydrogens is 379 g/mol. The summed E-state index contributed by atoms with van der Waals surface area (Å²) in [6.45, 7) is 7.53. The highest BCUT2D eigenvalue weighted by atomic mass is 19.1. The van der Waals surface area contributed by atoms with Gasteiger partial charge in [-0.2, -0.15) is 0 Å². The first-order valence-electron chi connectivity index (χ1n) is 11.0. The molecule has 1 saturated heterocycles. The minimum atomic E-state index is -0.607. The van der Waals surface area contributed by atoms with Crippen LogP contribution in [0.4, 0.5) is 10.1 Å². The summed E-state index contributed by atoms with van der Waals surface area (Å²) in [7, 11) is 2.07. The number of piperidine rings is 1. The van der Waals surface area contributed by atoms with Gasteiger partial charge in [-0.15, -0.1) is 0 Å². The molecule has 1 fully saturated rings. The van der Waals surface area contributed by atoms with E-state index in [0.717, 1.165) is 68.9 Å². The lowest BCUT2D eigenvalue weighted by molar-refractivity contribution is -0.0254. The molecule has 164 valence electrons. The fourth-order valence-corrected chi connectivity index (χ4v) is 3.98. The highest BCUT2D eigenvalue weighted by molar-refractivity contribution is 5.48. The Morgan fingerprint density at radius 2 is 1.83 bits per heavy atom. The third-order valence-electron chi connectivity index (χ3n) is 5.95. The monoisotopic (exact) mass is 414 g/mol. The van der Waals surface area contributed by atoms with E-state index in [9.17, 15) is 9.50 Å². The minimum absolute atomic E-state index is 0.169. The summed E-state index contributed by atoms with van der Waals surface area (Å²) in [5.41, 5.74) is 1.55. The van der Waals surface area contributed by atoms with Crippen LogP contribution in [0.1, 0.15) is 38.7 Å². The lowest BCUT2D eigenvalue weighted by atomic mass is 9.88. The molecule has 0 saturated carbocycles. The van der Waals surface area contributed by atoms with Gasteiger partial charge in [-0.3, -0.25) is 0 Å². The summed E-state index contributed by atoms with van der Waals surface area (Å²) in [5, 5.41) is 11.0. The zero-order valence-corrected chi connectivity index (χ0v) is 18.5. The maximum absolute atomic E-state index is 13.3. The maximum Gasteiger partial charge on any atom is 0.123 e. The Kier molecular flexibility index (Phi) is 7.73. The van der Waals surface area contributed by atoms with Crippen molar-refractivity contribution in [1.82, 2.24) is 4.90 Å². The molecule has 0 radical (unpaired) electrons. The predicted molar refractivity (Wildman–Crippen MR) is 121 cm³/mol. The highest BCUT2D eigenvalue weighted by Gasteiger charge is 2.32. The fraction of sp³-hybridized carbons (Fsp3) is 0.520. The second-order valence-corrected chi connectivity index (χ2v) is 8.78. The van der Waals surface area contributed by atoms with Gasteiger partial charge in [0.05, 0.1) is 11.7 Å². The Morgan fingerprint density at radius 3 is 2.47 bits per heavy atom. The summed E-state index contributed by atoms with van der Waals surface area (Å²) in [6, 6.07) is 15.0. The quantitative estimate of drug-likeness (QED) is 0.655. The molecule has 0 spiro atoms. The molecule has 0 aromatic heterocycles. The number of ether oxygens (including phenoxy) is 1. The number of anilines is 1. The molecular formula is C25H35FN2O2. The van der Waals surface area contributed by atoms with E-state index in [1.165, 1.54) is 6.07 Å². The first kappa shape index (κ1) is 22.6. The number of aliphatic hydroxyl groups is 1. The van der Waals surface area contributed by atoms with Crippen LogP contribution in [0.2, 0.25) is 0 Å². The smallest absolute Gasteiger partial charge is 0.123 e. The van der Waals surface area contributed by atoms with E-state index in [0.29, 0.717) is 0 Å². The molecule has 0 amide bonds. The molecule has 2 aromatic carbocycles. The molecule has 1 heterocycles. The predicted octanol–water partition coefficient (Wildman–Crippen LogP) is 4.51. The molecule has 1 aliphatic heterocycles. The van der Waals surface area contributed by atoms with E-state index in [1.807, 2.05) is 32.0 Å². The average Bonchev–Trinajstić information content (AvgIpc) is 2.72. The molecule has 30 heavy (non-hydrogen) atoms. The van der Waals surface area contributed by atoms with Crippen LogP contribution in [0.5, 0.6) is 5.75 Å². The number of nitrogens with zero attached hydrogens (tertiary/aromatic N) is 2. The zero-order valence-electron chi connectivity index (χ0n) is 18.5. The third-order valence-corrected chi connectivity index (χ3v) is 5.95. The highest BCUT2D eigenvalue weighted by Crippen LogP contribution is 2.27. The zero-order chi connectivity index (χ0) is 21.6. The van der Waals surface area contributed by atoms with E-state index in [-0.39, 0.29) is 11.9 Å². The summed E-state index contributed by atoms with van der Waals surface area (Å²) >= 11 is 0. The SMILES string of the molecule is CC(C)Oc1ccc(N(C)CCC2(O)CCN(CCc3cccc(F)c3)CC2)cc1. The van der Waals surface area contributed by atoms with Crippen molar-refractivity contribution < 1.29 is 14.2 Å². The summed E-state index contributed by atoms with van der Waals surface area (Å²) in [5.74, 6) is 0.707. The van der Waals surface area contributed by atoms with Crippen molar-refractivity contribution in [2.45, 2.75) is 51.2 Å². The number of halogens is 1. The molecule has 1 aliphatic rings. The number of likely N-dealkylation sites (tertiary alicyclic amines) is 1. The van der Waals surface area contributed by atoms with Crippen molar-refractivity contribution in [3.63, 3.8) is 0 Å². The Hall–Kier alpha value is -2.11. The van der Waals surface area contributed by atoms with E-state index < -0.39 is 5.60 Å². The standard InChI is InChI=1S/C25H35FN2O2/c1-20(2)30-24-9-7-23(8-10-24)27(3)16-12-25(29)13-17-28(18-14-25)15-11-21-5-4-6-22(26)19-21/h4-10,19-20,29H,11-18H2,1-3H3. The third kappa shape index (κ3) is 6.71. The van der Waals surface area contributed by atoms with Crippen LogP contribution in [0.15, 0.2) is 48.5 Å². The molecule has 5 heteroatoms. The van der Waals surface area contributed by atoms with Gasteiger partial charge in [0.1, 0.15) is 11.6 Å². The molecule has 0 atom stereocenters. The summed E-state index contributed by atoms with van der Waals surface area (Å²) in [4.78, 5) is 4.56. The van der Waals surface area contributed by atoms with Crippen molar-refractivity contribution in [1.29, 1.82) is 0 Å². The van der Waals surface area contributed by atoms with Crippen LogP contribution < -0.4 is 9.64 Å². The Morgan fingerprint density at radius 1 is 1.13 bits per heavy atom. The van der Waals surface area contributed by atoms with E-state index in [2.05, 4.69) is 29.0 Å². The molecule has 1 N–H and O–H groups in total. The van der Waals surface area contributed by atoms with Gasteiger partial charge in [0, 0.05) is 38.9 Å². The summed E-state index contributed by atoms with van der Waals surface area (Å²) < 4.78 is 19.0. The van der Waals surface area contributed by atoms with Gasteiger partial charge in [0.15, 0.2) is 0 Å². The topological polar surface area (TPSA) is 35.9 Å².